The predicted octanol–water partition coefficient (Wildman–Crippen LogP) is 1.70. The van der Waals surface area contributed by atoms with Crippen molar-refractivity contribution in [2.24, 2.45) is 0 Å². The monoisotopic (exact) mass is 272 g/mol. The Bertz CT molecular complexity index is 512. The second-order valence-corrected chi connectivity index (χ2v) is 6.10. The molecule has 102 valence electrons. The summed E-state index contributed by atoms with van der Waals surface area (Å²) in [5, 5.41) is 0. The zero-order valence-corrected chi connectivity index (χ0v) is 12.0. The molecule has 0 aromatic heterocycles. The first kappa shape index (κ1) is 14.8. The molecule has 0 amide bonds. The molecule has 1 aromatic carbocycles. The average molecular weight is 272 g/mol. The van der Waals surface area contributed by atoms with E-state index in [9.17, 15) is 8.42 Å². The van der Waals surface area contributed by atoms with Gasteiger partial charge in [-0.1, -0.05) is 6.92 Å². The molecule has 0 heterocycles. The highest BCUT2D eigenvalue weighted by Gasteiger charge is 2.26. The third kappa shape index (κ3) is 2.76. The number of hydrogen-bond acceptors (Lipinski definition) is 4. The maximum atomic E-state index is 12.4. The summed E-state index contributed by atoms with van der Waals surface area (Å²) in [4.78, 5) is 0.198. The summed E-state index contributed by atoms with van der Waals surface area (Å²) >= 11 is 0. The minimum absolute atomic E-state index is 0.0939. The van der Waals surface area contributed by atoms with Crippen molar-refractivity contribution in [3.63, 3.8) is 0 Å². The van der Waals surface area contributed by atoms with E-state index in [0.717, 1.165) is 0 Å². The summed E-state index contributed by atoms with van der Waals surface area (Å²) in [5.74, 6) is 0.371. The molecular formula is C12H20N2O3S. The Morgan fingerprint density at radius 2 is 2.00 bits per heavy atom. The number of anilines is 1. The maximum Gasteiger partial charge on any atom is 0.243 e. The standard InChI is InChI=1S/C12H20N2O3S/c1-5-14(9(2)3)18(15,16)10-6-7-11(13)12(8-10)17-4/h6-9H,5,13H2,1-4H3. The van der Waals surface area contributed by atoms with Crippen LogP contribution >= 0.6 is 0 Å². The van der Waals surface area contributed by atoms with Crippen molar-refractivity contribution in [3.05, 3.63) is 18.2 Å². The van der Waals surface area contributed by atoms with Crippen LogP contribution in [0, 0.1) is 0 Å². The van der Waals surface area contributed by atoms with Gasteiger partial charge in [0.2, 0.25) is 10.0 Å². The average Bonchev–Trinajstić information content (AvgIpc) is 2.29. The van der Waals surface area contributed by atoms with Crippen molar-refractivity contribution >= 4 is 15.7 Å². The van der Waals surface area contributed by atoms with Crippen molar-refractivity contribution in [2.45, 2.75) is 31.7 Å². The molecule has 0 aliphatic heterocycles. The summed E-state index contributed by atoms with van der Waals surface area (Å²) in [6.07, 6.45) is 0. The van der Waals surface area contributed by atoms with Gasteiger partial charge < -0.3 is 10.5 Å². The molecule has 0 spiro atoms. The molecular weight excluding hydrogens is 252 g/mol. The molecule has 0 radical (unpaired) electrons. The van der Waals surface area contributed by atoms with Gasteiger partial charge in [-0.25, -0.2) is 8.42 Å². The van der Waals surface area contributed by atoms with E-state index in [0.29, 0.717) is 18.0 Å². The number of sulfonamides is 1. The number of methoxy groups -OCH3 is 1. The second kappa shape index (κ2) is 5.58. The molecule has 0 unspecified atom stereocenters. The van der Waals surface area contributed by atoms with Gasteiger partial charge in [-0.3, -0.25) is 0 Å². The first-order valence-corrected chi connectivity index (χ1v) is 7.24. The van der Waals surface area contributed by atoms with E-state index in [2.05, 4.69) is 0 Å². The molecule has 18 heavy (non-hydrogen) atoms. The molecule has 0 fully saturated rings. The lowest BCUT2D eigenvalue weighted by molar-refractivity contribution is 0.368. The first-order chi connectivity index (χ1) is 8.34. The number of nitrogens with zero attached hydrogens (tertiary/aromatic N) is 1. The van der Waals surface area contributed by atoms with Gasteiger partial charge >= 0.3 is 0 Å². The largest absolute Gasteiger partial charge is 0.495 e. The number of nitrogen functional groups attached to an aromatic ring is 1. The van der Waals surface area contributed by atoms with Gasteiger partial charge in [0.1, 0.15) is 5.75 Å². The Hall–Kier alpha value is -1.27. The molecule has 2 N–H and O–H groups in total. The molecule has 0 bridgehead atoms. The van der Waals surface area contributed by atoms with Gasteiger partial charge in [-0.05, 0) is 26.0 Å². The topological polar surface area (TPSA) is 72.6 Å². The van der Waals surface area contributed by atoms with Gasteiger partial charge in [0.05, 0.1) is 17.7 Å². The second-order valence-electron chi connectivity index (χ2n) is 4.21. The fourth-order valence-corrected chi connectivity index (χ4v) is 3.46. The molecule has 6 heteroatoms. The zero-order chi connectivity index (χ0) is 13.9. The van der Waals surface area contributed by atoms with E-state index < -0.39 is 10.0 Å². The van der Waals surface area contributed by atoms with Crippen LogP contribution in [0.4, 0.5) is 5.69 Å². The van der Waals surface area contributed by atoms with Crippen LogP contribution in [-0.4, -0.2) is 32.4 Å². The number of hydrogen-bond donors (Lipinski definition) is 1. The number of ether oxygens (including phenoxy) is 1. The summed E-state index contributed by atoms with van der Waals surface area (Å²) in [5.41, 5.74) is 6.10. The summed E-state index contributed by atoms with van der Waals surface area (Å²) < 4.78 is 31.3. The smallest absolute Gasteiger partial charge is 0.243 e. The number of rotatable bonds is 5. The Morgan fingerprint density at radius 1 is 1.39 bits per heavy atom. The third-order valence-electron chi connectivity index (χ3n) is 2.70. The fourth-order valence-electron chi connectivity index (χ4n) is 1.80. The fraction of sp³-hybridized carbons (Fsp3) is 0.500. The van der Waals surface area contributed by atoms with Crippen molar-refractivity contribution in [1.82, 2.24) is 4.31 Å². The Morgan fingerprint density at radius 3 is 2.44 bits per heavy atom. The highest BCUT2D eigenvalue weighted by Crippen LogP contribution is 2.27. The summed E-state index contributed by atoms with van der Waals surface area (Å²) in [7, 11) is -2.04. The van der Waals surface area contributed by atoms with Crippen LogP contribution in [-0.2, 0) is 10.0 Å². The molecule has 0 saturated carbocycles. The van der Waals surface area contributed by atoms with Gasteiger partial charge in [0, 0.05) is 18.7 Å². The van der Waals surface area contributed by atoms with Crippen LogP contribution in [0.25, 0.3) is 0 Å². The lowest BCUT2D eigenvalue weighted by Crippen LogP contribution is -2.36. The number of benzene rings is 1. The van der Waals surface area contributed by atoms with E-state index in [1.54, 1.807) is 6.07 Å². The Balaban J connectivity index is 3.28. The van der Waals surface area contributed by atoms with Crippen molar-refractivity contribution < 1.29 is 13.2 Å². The van der Waals surface area contributed by atoms with Crippen LogP contribution in [0.3, 0.4) is 0 Å². The van der Waals surface area contributed by atoms with Crippen LogP contribution in [0.1, 0.15) is 20.8 Å². The molecule has 0 aliphatic carbocycles. The quantitative estimate of drug-likeness (QED) is 0.828. The van der Waals surface area contributed by atoms with E-state index in [1.165, 1.54) is 23.5 Å². The van der Waals surface area contributed by atoms with Crippen LogP contribution in [0.5, 0.6) is 5.75 Å². The SMILES string of the molecule is CCN(C(C)C)S(=O)(=O)c1ccc(N)c(OC)c1. The lowest BCUT2D eigenvalue weighted by atomic mass is 10.3. The minimum Gasteiger partial charge on any atom is -0.495 e. The van der Waals surface area contributed by atoms with E-state index in [-0.39, 0.29) is 10.9 Å². The maximum absolute atomic E-state index is 12.4. The van der Waals surface area contributed by atoms with Gasteiger partial charge in [0.25, 0.3) is 0 Å². The van der Waals surface area contributed by atoms with Crippen molar-refractivity contribution in [1.29, 1.82) is 0 Å². The minimum atomic E-state index is -3.50. The molecule has 0 saturated heterocycles. The molecule has 1 rings (SSSR count). The summed E-state index contributed by atoms with van der Waals surface area (Å²) in [6.45, 7) is 5.92. The predicted molar refractivity (Wildman–Crippen MR) is 72.1 cm³/mol. The zero-order valence-electron chi connectivity index (χ0n) is 11.2. The number of nitrogens with two attached hydrogens (primary N) is 1. The Labute approximate surface area is 109 Å². The van der Waals surface area contributed by atoms with Gasteiger partial charge in [0.15, 0.2) is 0 Å². The molecule has 0 aliphatic rings. The highest BCUT2D eigenvalue weighted by molar-refractivity contribution is 7.89. The van der Waals surface area contributed by atoms with E-state index in [1.807, 2.05) is 20.8 Å². The summed E-state index contributed by atoms with van der Waals surface area (Å²) in [6, 6.07) is 4.40. The van der Waals surface area contributed by atoms with Crippen LogP contribution in [0.2, 0.25) is 0 Å². The van der Waals surface area contributed by atoms with Gasteiger partial charge in [-0.15, -0.1) is 0 Å². The third-order valence-corrected chi connectivity index (χ3v) is 4.85. The normalized spacial score (nSPS) is 12.1. The Kier molecular flexibility index (Phi) is 4.59. The van der Waals surface area contributed by atoms with Crippen LogP contribution in [0.15, 0.2) is 23.1 Å². The van der Waals surface area contributed by atoms with Crippen molar-refractivity contribution in [3.8, 4) is 5.75 Å². The van der Waals surface area contributed by atoms with E-state index >= 15 is 0 Å². The lowest BCUT2D eigenvalue weighted by Gasteiger charge is -2.24. The van der Waals surface area contributed by atoms with Crippen molar-refractivity contribution in [2.75, 3.05) is 19.4 Å². The molecule has 5 nitrogen and oxygen atoms in total. The molecule has 0 atom stereocenters. The van der Waals surface area contributed by atoms with Crippen LogP contribution < -0.4 is 10.5 Å². The molecule has 1 aromatic rings. The highest BCUT2D eigenvalue weighted by atomic mass is 32.2. The van der Waals surface area contributed by atoms with Gasteiger partial charge in [-0.2, -0.15) is 4.31 Å². The van der Waals surface area contributed by atoms with E-state index in [4.69, 9.17) is 10.5 Å². The first-order valence-electron chi connectivity index (χ1n) is 5.80.